The smallest absolute Gasteiger partial charge is 0.303 e. The number of hydrogen-bond acceptors (Lipinski definition) is 5. The first-order valence-electron chi connectivity index (χ1n) is 5.58. The number of carbonyl (C=O) groups excluding carboxylic acids is 3. The van der Waals surface area contributed by atoms with Crippen LogP contribution in [0.5, 0.6) is 0 Å². The number of rotatable bonds is 8. The molecule has 0 aliphatic carbocycles. The minimum Gasteiger partial charge on any atom is -0.481 e. The highest BCUT2D eigenvalue weighted by Crippen LogP contribution is 1.98. The average molecular weight is 274 g/mol. The molecule has 0 aromatic rings. The van der Waals surface area contributed by atoms with E-state index < -0.39 is 35.8 Å². The third-order valence-electron chi connectivity index (χ3n) is 2.26. The summed E-state index contributed by atoms with van der Waals surface area (Å²) in [5.74, 6) is -3.11. The Morgan fingerprint density at radius 1 is 1.21 bits per heavy atom. The summed E-state index contributed by atoms with van der Waals surface area (Å²) in [6, 6.07) is -2.00. The molecule has 0 saturated heterocycles. The lowest BCUT2D eigenvalue weighted by atomic mass is 10.1. The molecule has 0 heterocycles. The van der Waals surface area contributed by atoms with Crippen molar-refractivity contribution in [1.82, 2.24) is 10.6 Å². The molecule has 0 aliphatic rings. The molecule has 19 heavy (non-hydrogen) atoms. The zero-order valence-corrected chi connectivity index (χ0v) is 10.5. The zero-order chi connectivity index (χ0) is 15.0. The Kier molecular flexibility index (Phi) is 7.12. The molecule has 2 atom stereocenters. The SMILES string of the molecule is C[C@H](NC(=O)CN)C(=O)N[C@H](CCC(=O)O)C(N)=O. The lowest BCUT2D eigenvalue weighted by molar-refractivity contribution is -0.137. The molecule has 9 heteroatoms. The van der Waals surface area contributed by atoms with Crippen molar-refractivity contribution < 1.29 is 24.3 Å². The monoisotopic (exact) mass is 274 g/mol. The Morgan fingerprint density at radius 2 is 1.79 bits per heavy atom. The molecule has 108 valence electrons. The number of carboxylic acid groups (broad SMARTS) is 1. The summed E-state index contributed by atoms with van der Waals surface area (Å²) in [5.41, 5.74) is 10.1. The van der Waals surface area contributed by atoms with E-state index in [2.05, 4.69) is 10.6 Å². The number of carbonyl (C=O) groups is 4. The Labute approximate surface area is 109 Å². The number of nitrogens with two attached hydrogens (primary N) is 2. The first-order chi connectivity index (χ1) is 8.77. The topological polar surface area (TPSA) is 165 Å². The van der Waals surface area contributed by atoms with E-state index in [-0.39, 0.29) is 19.4 Å². The minimum atomic E-state index is -1.11. The Hall–Kier alpha value is -2.16. The van der Waals surface area contributed by atoms with E-state index in [1.165, 1.54) is 6.92 Å². The van der Waals surface area contributed by atoms with Gasteiger partial charge < -0.3 is 27.2 Å². The number of hydrogen-bond donors (Lipinski definition) is 5. The summed E-state index contributed by atoms with van der Waals surface area (Å²) in [4.78, 5) is 44.1. The first-order valence-corrected chi connectivity index (χ1v) is 5.58. The lowest BCUT2D eigenvalue weighted by Crippen LogP contribution is -2.52. The molecule has 0 saturated carbocycles. The van der Waals surface area contributed by atoms with Gasteiger partial charge in [0.2, 0.25) is 17.7 Å². The van der Waals surface area contributed by atoms with Gasteiger partial charge in [-0.15, -0.1) is 0 Å². The molecule has 0 bridgehead atoms. The summed E-state index contributed by atoms with van der Waals surface area (Å²) < 4.78 is 0. The van der Waals surface area contributed by atoms with E-state index in [0.29, 0.717) is 0 Å². The van der Waals surface area contributed by atoms with Crippen molar-refractivity contribution in [1.29, 1.82) is 0 Å². The predicted octanol–water partition coefficient (Wildman–Crippen LogP) is -2.72. The quantitative estimate of drug-likeness (QED) is 0.322. The summed E-state index contributed by atoms with van der Waals surface area (Å²) in [5, 5.41) is 13.1. The summed E-state index contributed by atoms with van der Waals surface area (Å²) >= 11 is 0. The first kappa shape index (κ1) is 16.8. The molecular formula is C10H18N4O5. The van der Waals surface area contributed by atoms with Crippen LogP contribution < -0.4 is 22.1 Å². The molecule has 3 amide bonds. The van der Waals surface area contributed by atoms with Crippen LogP contribution in [0.2, 0.25) is 0 Å². The van der Waals surface area contributed by atoms with Crippen molar-refractivity contribution in [3.8, 4) is 0 Å². The van der Waals surface area contributed by atoms with E-state index >= 15 is 0 Å². The van der Waals surface area contributed by atoms with Gasteiger partial charge in [-0.05, 0) is 13.3 Å². The normalized spacial score (nSPS) is 13.2. The molecule has 0 fully saturated rings. The summed E-state index contributed by atoms with van der Waals surface area (Å²) in [6.45, 7) is 1.13. The van der Waals surface area contributed by atoms with Crippen molar-refractivity contribution >= 4 is 23.7 Å². The van der Waals surface area contributed by atoms with Crippen LogP contribution in [0.3, 0.4) is 0 Å². The second-order valence-electron chi connectivity index (χ2n) is 3.89. The van der Waals surface area contributed by atoms with Gasteiger partial charge in [0.05, 0.1) is 6.54 Å². The fourth-order valence-corrected chi connectivity index (χ4v) is 1.22. The highest BCUT2D eigenvalue weighted by molar-refractivity contribution is 5.91. The number of aliphatic carboxylic acids is 1. The standard InChI is InChI=1S/C10H18N4O5/c1-5(13-7(15)4-11)10(19)14-6(9(12)18)2-3-8(16)17/h5-6H,2-4,11H2,1H3,(H2,12,18)(H,13,15)(H,14,19)(H,16,17)/t5-,6+/m0/s1. The Bertz CT molecular complexity index is 371. The second kappa shape index (κ2) is 8.03. The summed E-state index contributed by atoms with van der Waals surface area (Å²) in [6.07, 6.45) is -0.425. The molecule has 0 rings (SSSR count). The molecule has 0 unspecified atom stereocenters. The fraction of sp³-hybridized carbons (Fsp3) is 0.600. The van der Waals surface area contributed by atoms with Crippen LogP contribution in [0.4, 0.5) is 0 Å². The van der Waals surface area contributed by atoms with Gasteiger partial charge in [-0.25, -0.2) is 0 Å². The molecule has 0 aliphatic heterocycles. The van der Waals surface area contributed by atoms with Crippen LogP contribution in [0, 0.1) is 0 Å². The fourth-order valence-electron chi connectivity index (χ4n) is 1.22. The van der Waals surface area contributed by atoms with Crippen LogP contribution >= 0.6 is 0 Å². The third-order valence-corrected chi connectivity index (χ3v) is 2.26. The lowest BCUT2D eigenvalue weighted by Gasteiger charge is -2.18. The van der Waals surface area contributed by atoms with E-state index in [1.54, 1.807) is 0 Å². The van der Waals surface area contributed by atoms with Gasteiger partial charge in [0.25, 0.3) is 0 Å². The van der Waals surface area contributed by atoms with Crippen LogP contribution in [-0.2, 0) is 19.2 Å². The molecule has 0 aromatic carbocycles. The summed E-state index contributed by atoms with van der Waals surface area (Å²) in [7, 11) is 0. The van der Waals surface area contributed by atoms with Crippen molar-refractivity contribution in [2.75, 3.05) is 6.54 Å². The molecule has 9 nitrogen and oxygen atoms in total. The van der Waals surface area contributed by atoms with Crippen LogP contribution in [0.1, 0.15) is 19.8 Å². The maximum Gasteiger partial charge on any atom is 0.303 e. The van der Waals surface area contributed by atoms with Gasteiger partial charge >= 0.3 is 5.97 Å². The minimum absolute atomic E-state index is 0.117. The Balaban J connectivity index is 4.41. The molecule has 0 aromatic heterocycles. The number of primary amides is 1. The van der Waals surface area contributed by atoms with Crippen LogP contribution in [0.25, 0.3) is 0 Å². The molecular weight excluding hydrogens is 256 g/mol. The number of nitrogens with one attached hydrogen (secondary N) is 2. The average Bonchev–Trinajstić information content (AvgIpc) is 2.32. The number of amides is 3. The number of carboxylic acids is 1. The van der Waals surface area contributed by atoms with E-state index in [4.69, 9.17) is 16.6 Å². The Morgan fingerprint density at radius 3 is 2.21 bits per heavy atom. The highest BCUT2D eigenvalue weighted by Gasteiger charge is 2.22. The van der Waals surface area contributed by atoms with Gasteiger partial charge in [0.15, 0.2) is 0 Å². The van der Waals surface area contributed by atoms with Crippen LogP contribution in [-0.4, -0.2) is 47.4 Å². The van der Waals surface area contributed by atoms with Gasteiger partial charge in [0, 0.05) is 6.42 Å². The van der Waals surface area contributed by atoms with Crippen molar-refractivity contribution in [3.63, 3.8) is 0 Å². The molecule has 0 radical (unpaired) electrons. The van der Waals surface area contributed by atoms with E-state index in [1.807, 2.05) is 0 Å². The van der Waals surface area contributed by atoms with Gasteiger partial charge in [0.1, 0.15) is 12.1 Å². The maximum absolute atomic E-state index is 11.6. The third kappa shape index (κ3) is 6.99. The molecule has 7 N–H and O–H groups in total. The zero-order valence-electron chi connectivity index (χ0n) is 10.5. The van der Waals surface area contributed by atoms with E-state index in [9.17, 15) is 19.2 Å². The van der Waals surface area contributed by atoms with Crippen LogP contribution in [0.15, 0.2) is 0 Å². The predicted molar refractivity (Wildman–Crippen MR) is 64.7 cm³/mol. The van der Waals surface area contributed by atoms with Crippen molar-refractivity contribution in [2.24, 2.45) is 11.5 Å². The second-order valence-corrected chi connectivity index (χ2v) is 3.89. The van der Waals surface area contributed by atoms with Crippen molar-refractivity contribution in [3.05, 3.63) is 0 Å². The van der Waals surface area contributed by atoms with Gasteiger partial charge in [-0.3, -0.25) is 19.2 Å². The van der Waals surface area contributed by atoms with Gasteiger partial charge in [-0.1, -0.05) is 0 Å². The maximum atomic E-state index is 11.6. The molecule has 0 spiro atoms. The van der Waals surface area contributed by atoms with E-state index in [0.717, 1.165) is 0 Å². The largest absolute Gasteiger partial charge is 0.481 e. The highest BCUT2D eigenvalue weighted by atomic mass is 16.4. The van der Waals surface area contributed by atoms with Crippen molar-refractivity contribution in [2.45, 2.75) is 31.8 Å². The van der Waals surface area contributed by atoms with Gasteiger partial charge in [-0.2, -0.15) is 0 Å².